The van der Waals surface area contributed by atoms with Crippen LogP contribution in [0.4, 0.5) is 11.5 Å². The van der Waals surface area contributed by atoms with E-state index >= 15 is 0 Å². The average molecular weight is 339 g/mol. The SMILES string of the molecule is COc1ccc2c(Nc3ccc(OC(C)C)cc3)ncnc2c1OC. The van der Waals surface area contributed by atoms with Crippen molar-refractivity contribution < 1.29 is 14.2 Å². The van der Waals surface area contributed by atoms with E-state index in [1.165, 1.54) is 6.33 Å². The molecule has 6 heteroatoms. The van der Waals surface area contributed by atoms with Crippen molar-refractivity contribution in [1.82, 2.24) is 9.97 Å². The molecule has 0 spiro atoms. The molecule has 0 aliphatic heterocycles. The number of methoxy groups -OCH3 is 2. The second-order valence-corrected chi connectivity index (χ2v) is 5.74. The molecule has 0 radical (unpaired) electrons. The number of benzene rings is 2. The van der Waals surface area contributed by atoms with Gasteiger partial charge in [0, 0.05) is 11.1 Å². The van der Waals surface area contributed by atoms with Gasteiger partial charge in [-0.2, -0.15) is 0 Å². The van der Waals surface area contributed by atoms with Gasteiger partial charge in [0.15, 0.2) is 11.5 Å². The molecule has 0 aliphatic rings. The highest BCUT2D eigenvalue weighted by Crippen LogP contribution is 2.36. The Kier molecular flexibility index (Phi) is 4.88. The van der Waals surface area contributed by atoms with Crippen LogP contribution in [0.1, 0.15) is 13.8 Å². The lowest BCUT2D eigenvalue weighted by Gasteiger charge is -2.13. The van der Waals surface area contributed by atoms with Crippen molar-refractivity contribution in [2.75, 3.05) is 19.5 Å². The van der Waals surface area contributed by atoms with Crippen LogP contribution in [0, 0.1) is 0 Å². The number of rotatable bonds is 6. The van der Waals surface area contributed by atoms with Crippen LogP contribution in [-0.4, -0.2) is 30.3 Å². The van der Waals surface area contributed by atoms with Gasteiger partial charge in [-0.15, -0.1) is 0 Å². The number of anilines is 2. The summed E-state index contributed by atoms with van der Waals surface area (Å²) in [5.41, 5.74) is 1.60. The molecule has 25 heavy (non-hydrogen) atoms. The predicted octanol–water partition coefficient (Wildman–Crippen LogP) is 4.18. The molecule has 1 heterocycles. The fourth-order valence-corrected chi connectivity index (χ4v) is 2.57. The normalized spacial score (nSPS) is 10.8. The Labute approximate surface area is 146 Å². The minimum Gasteiger partial charge on any atom is -0.493 e. The number of aromatic nitrogens is 2. The summed E-state index contributed by atoms with van der Waals surface area (Å²) < 4.78 is 16.4. The van der Waals surface area contributed by atoms with Gasteiger partial charge in [0.25, 0.3) is 0 Å². The van der Waals surface area contributed by atoms with Crippen LogP contribution < -0.4 is 19.5 Å². The number of nitrogens with zero attached hydrogens (tertiary/aromatic N) is 2. The predicted molar refractivity (Wildman–Crippen MR) is 98.1 cm³/mol. The first kappa shape index (κ1) is 16.8. The summed E-state index contributed by atoms with van der Waals surface area (Å²) in [7, 11) is 3.20. The van der Waals surface area contributed by atoms with Crippen molar-refractivity contribution in [1.29, 1.82) is 0 Å². The van der Waals surface area contributed by atoms with E-state index in [1.54, 1.807) is 14.2 Å². The van der Waals surface area contributed by atoms with Crippen LogP contribution in [0.25, 0.3) is 10.9 Å². The summed E-state index contributed by atoms with van der Waals surface area (Å²) in [5.74, 6) is 2.75. The fourth-order valence-electron chi connectivity index (χ4n) is 2.57. The molecule has 3 aromatic rings. The molecule has 0 aliphatic carbocycles. The molecule has 0 saturated heterocycles. The van der Waals surface area contributed by atoms with Crippen LogP contribution in [0.3, 0.4) is 0 Å². The van der Waals surface area contributed by atoms with Gasteiger partial charge in [0.2, 0.25) is 0 Å². The molecule has 6 nitrogen and oxygen atoms in total. The molecular formula is C19H21N3O3. The van der Waals surface area contributed by atoms with Crippen molar-refractivity contribution in [2.24, 2.45) is 0 Å². The lowest BCUT2D eigenvalue weighted by molar-refractivity contribution is 0.242. The topological polar surface area (TPSA) is 65.5 Å². The molecule has 2 aromatic carbocycles. The van der Waals surface area contributed by atoms with E-state index in [4.69, 9.17) is 14.2 Å². The largest absolute Gasteiger partial charge is 0.493 e. The number of nitrogens with one attached hydrogen (secondary N) is 1. The quantitative estimate of drug-likeness (QED) is 0.727. The fraction of sp³-hybridized carbons (Fsp3) is 0.263. The number of fused-ring (bicyclic) bond motifs is 1. The Morgan fingerprint density at radius 3 is 2.32 bits per heavy atom. The highest BCUT2D eigenvalue weighted by Gasteiger charge is 2.13. The standard InChI is InChI=1S/C19H21N3O3/c1-12(2)25-14-7-5-13(6-8-14)22-19-15-9-10-16(23-3)18(24-4)17(15)20-11-21-19/h5-12H,1-4H3,(H,20,21,22). The molecule has 0 saturated carbocycles. The lowest BCUT2D eigenvalue weighted by Crippen LogP contribution is -2.05. The van der Waals surface area contributed by atoms with Crippen molar-refractivity contribution in [2.45, 2.75) is 20.0 Å². The summed E-state index contributed by atoms with van der Waals surface area (Å²) in [4.78, 5) is 8.69. The van der Waals surface area contributed by atoms with Crippen LogP contribution in [0.2, 0.25) is 0 Å². The van der Waals surface area contributed by atoms with Crippen LogP contribution in [-0.2, 0) is 0 Å². The minimum atomic E-state index is 0.145. The zero-order valence-corrected chi connectivity index (χ0v) is 14.7. The molecular weight excluding hydrogens is 318 g/mol. The van der Waals surface area contributed by atoms with Crippen molar-refractivity contribution in [3.63, 3.8) is 0 Å². The number of ether oxygens (including phenoxy) is 3. The summed E-state index contributed by atoms with van der Waals surface area (Å²) >= 11 is 0. The van der Waals surface area contributed by atoms with Crippen LogP contribution in [0.5, 0.6) is 17.2 Å². The third kappa shape index (κ3) is 3.57. The van der Waals surface area contributed by atoms with E-state index in [2.05, 4.69) is 15.3 Å². The van der Waals surface area contributed by atoms with Gasteiger partial charge in [0.1, 0.15) is 23.4 Å². The first-order valence-electron chi connectivity index (χ1n) is 8.01. The van der Waals surface area contributed by atoms with E-state index in [0.29, 0.717) is 22.8 Å². The molecule has 3 rings (SSSR count). The first-order chi connectivity index (χ1) is 12.1. The maximum absolute atomic E-state index is 5.66. The number of hydrogen-bond donors (Lipinski definition) is 1. The van der Waals surface area contributed by atoms with Gasteiger partial charge in [-0.05, 0) is 50.2 Å². The molecule has 0 amide bonds. The summed E-state index contributed by atoms with van der Waals surface area (Å²) in [6.45, 7) is 4.00. The van der Waals surface area contributed by atoms with Gasteiger partial charge < -0.3 is 19.5 Å². The summed E-state index contributed by atoms with van der Waals surface area (Å²) in [6.07, 6.45) is 1.65. The van der Waals surface area contributed by atoms with E-state index in [1.807, 2.05) is 50.2 Å². The zero-order valence-electron chi connectivity index (χ0n) is 14.7. The second kappa shape index (κ2) is 7.25. The molecule has 0 fully saturated rings. The highest BCUT2D eigenvalue weighted by molar-refractivity contribution is 5.95. The number of hydrogen-bond acceptors (Lipinski definition) is 6. The van der Waals surface area contributed by atoms with Gasteiger partial charge in [-0.25, -0.2) is 9.97 Å². The molecule has 1 aromatic heterocycles. The maximum Gasteiger partial charge on any atom is 0.187 e. The van der Waals surface area contributed by atoms with Crippen LogP contribution >= 0.6 is 0 Å². The molecule has 0 unspecified atom stereocenters. The second-order valence-electron chi connectivity index (χ2n) is 5.74. The Bertz CT molecular complexity index is 864. The molecule has 130 valence electrons. The van der Waals surface area contributed by atoms with Crippen molar-refractivity contribution in [3.05, 3.63) is 42.7 Å². The van der Waals surface area contributed by atoms with Gasteiger partial charge in [-0.1, -0.05) is 0 Å². The maximum atomic E-state index is 5.66. The Morgan fingerprint density at radius 2 is 1.68 bits per heavy atom. The Morgan fingerprint density at radius 1 is 0.920 bits per heavy atom. The van der Waals surface area contributed by atoms with E-state index in [0.717, 1.165) is 16.8 Å². The van der Waals surface area contributed by atoms with Gasteiger partial charge >= 0.3 is 0 Å². The van der Waals surface area contributed by atoms with Gasteiger partial charge in [-0.3, -0.25) is 0 Å². The zero-order chi connectivity index (χ0) is 17.8. The van der Waals surface area contributed by atoms with Crippen LogP contribution in [0.15, 0.2) is 42.7 Å². The smallest absolute Gasteiger partial charge is 0.187 e. The highest BCUT2D eigenvalue weighted by atomic mass is 16.5. The average Bonchev–Trinajstić information content (AvgIpc) is 2.62. The third-order valence-electron chi connectivity index (χ3n) is 3.64. The summed E-state index contributed by atoms with van der Waals surface area (Å²) in [5, 5.41) is 4.16. The molecule has 0 bridgehead atoms. The minimum absolute atomic E-state index is 0.145. The van der Waals surface area contributed by atoms with Crippen molar-refractivity contribution >= 4 is 22.4 Å². The molecule has 0 atom stereocenters. The van der Waals surface area contributed by atoms with Gasteiger partial charge in [0.05, 0.1) is 20.3 Å². The van der Waals surface area contributed by atoms with E-state index in [9.17, 15) is 0 Å². The monoisotopic (exact) mass is 339 g/mol. The van der Waals surface area contributed by atoms with E-state index in [-0.39, 0.29) is 6.10 Å². The molecule has 1 N–H and O–H groups in total. The lowest BCUT2D eigenvalue weighted by atomic mass is 10.2. The van der Waals surface area contributed by atoms with E-state index < -0.39 is 0 Å². The Balaban J connectivity index is 1.94. The summed E-state index contributed by atoms with van der Waals surface area (Å²) in [6, 6.07) is 11.5. The van der Waals surface area contributed by atoms with Crippen molar-refractivity contribution in [3.8, 4) is 17.2 Å². The first-order valence-corrected chi connectivity index (χ1v) is 8.01. The Hall–Kier alpha value is -3.02. The third-order valence-corrected chi connectivity index (χ3v) is 3.64.